The molecule has 0 fully saturated rings. The van der Waals surface area contributed by atoms with Gasteiger partial charge in [0.25, 0.3) is 11.6 Å². The van der Waals surface area contributed by atoms with Crippen molar-refractivity contribution in [3.05, 3.63) is 69.7 Å². The van der Waals surface area contributed by atoms with Gasteiger partial charge in [0, 0.05) is 18.3 Å². The van der Waals surface area contributed by atoms with Crippen molar-refractivity contribution in [3.63, 3.8) is 0 Å². The predicted octanol–water partition coefficient (Wildman–Crippen LogP) is 2.67. The van der Waals surface area contributed by atoms with E-state index in [1.165, 1.54) is 24.3 Å². The standard InChI is InChI=1S/C18H18N4O4/c1-12-3-8-16-20-13(2)17(21(16)11-12)18(23)19-9-10-26-15-6-4-14(5-7-15)22(24)25/h3-8,11H,9-10H2,1-2H3,(H,19,23). The highest BCUT2D eigenvalue weighted by Gasteiger charge is 2.16. The molecular formula is C18H18N4O4. The van der Waals surface area contributed by atoms with E-state index in [-0.39, 0.29) is 18.2 Å². The number of pyridine rings is 1. The zero-order valence-electron chi connectivity index (χ0n) is 14.4. The zero-order valence-corrected chi connectivity index (χ0v) is 14.4. The van der Waals surface area contributed by atoms with Crippen molar-refractivity contribution in [1.29, 1.82) is 0 Å². The lowest BCUT2D eigenvalue weighted by molar-refractivity contribution is -0.384. The van der Waals surface area contributed by atoms with E-state index in [0.29, 0.717) is 23.7 Å². The number of benzene rings is 1. The highest BCUT2D eigenvalue weighted by Crippen LogP contribution is 2.17. The minimum Gasteiger partial charge on any atom is -0.492 e. The van der Waals surface area contributed by atoms with E-state index < -0.39 is 4.92 Å². The lowest BCUT2D eigenvalue weighted by atomic mass is 10.3. The highest BCUT2D eigenvalue weighted by molar-refractivity contribution is 5.94. The van der Waals surface area contributed by atoms with Gasteiger partial charge in [0.15, 0.2) is 0 Å². The number of non-ortho nitro benzene ring substituents is 1. The van der Waals surface area contributed by atoms with Gasteiger partial charge in [-0.15, -0.1) is 0 Å². The van der Waals surface area contributed by atoms with Gasteiger partial charge in [0.2, 0.25) is 0 Å². The highest BCUT2D eigenvalue weighted by atomic mass is 16.6. The van der Waals surface area contributed by atoms with Gasteiger partial charge in [-0.25, -0.2) is 4.98 Å². The molecule has 134 valence electrons. The Hall–Kier alpha value is -3.42. The van der Waals surface area contributed by atoms with Crippen molar-refractivity contribution in [2.24, 2.45) is 0 Å². The van der Waals surface area contributed by atoms with E-state index in [1.54, 1.807) is 11.3 Å². The summed E-state index contributed by atoms with van der Waals surface area (Å²) < 4.78 is 7.26. The molecule has 0 spiro atoms. The van der Waals surface area contributed by atoms with Gasteiger partial charge in [0.05, 0.1) is 17.2 Å². The molecule has 0 atom stereocenters. The molecule has 0 saturated carbocycles. The Morgan fingerprint density at radius 3 is 2.65 bits per heavy atom. The molecule has 0 aliphatic carbocycles. The number of nitrogens with zero attached hydrogens (tertiary/aromatic N) is 3. The van der Waals surface area contributed by atoms with E-state index in [1.807, 2.05) is 25.3 Å². The van der Waals surface area contributed by atoms with E-state index in [9.17, 15) is 14.9 Å². The van der Waals surface area contributed by atoms with Crippen LogP contribution >= 0.6 is 0 Å². The first kappa shape index (κ1) is 17.4. The normalized spacial score (nSPS) is 10.7. The van der Waals surface area contributed by atoms with Gasteiger partial charge >= 0.3 is 0 Å². The minimum absolute atomic E-state index is 0.00373. The molecular weight excluding hydrogens is 336 g/mol. The Kier molecular flexibility index (Phi) is 4.83. The van der Waals surface area contributed by atoms with E-state index in [4.69, 9.17) is 4.74 Å². The number of imidazole rings is 1. The number of nitro benzene ring substituents is 1. The van der Waals surface area contributed by atoms with Gasteiger partial charge in [-0.2, -0.15) is 0 Å². The summed E-state index contributed by atoms with van der Waals surface area (Å²) in [7, 11) is 0. The molecule has 1 N–H and O–H groups in total. The van der Waals surface area contributed by atoms with E-state index >= 15 is 0 Å². The molecule has 0 saturated heterocycles. The average molecular weight is 354 g/mol. The van der Waals surface area contributed by atoms with E-state index in [0.717, 1.165) is 11.2 Å². The van der Waals surface area contributed by atoms with Crippen LogP contribution in [0.4, 0.5) is 5.69 Å². The summed E-state index contributed by atoms with van der Waals surface area (Å²) in [5.41, 5.74) is 2.92. The number of hydrogen-bond donors (Lipinski definition) is 1. The lowest BCUT2D eigenvalue weighted by Gasteiger charge is -2.08. The lowest BCUT2D eigenvalue weighted by Crippen LogP contribution is -2.29. The molecule has 8 nitrogen and oxygen atoms in total. The number of rotatable bonds is 6. The quantitative estimate of drug-likeness (QED) is 0.417. The Morgan fingerprint density at radius 1 is 1.23 bits per heavy atom. The summed E-state index contributed by atoms with van der Waals surface area (Å²) in [6.45, 7) is 4.30. The third-order valence-electron chi connectivity index (χ3n) is 3.86. The summed E-state index contributed by atoms with van der Waals surface area (Å²) in [6.07, 6.45) is 1.87. The zero-order chi connectivity index (χ0) is 18.7. The van der Waals surface area contributed by atoms with Crippen LogP contribution in [-0.4, -0.2) is 33.4 Å². The predicted molar refractivity (Wildman–Crippen MR) is 95.6 cm³/mol. The van der Waals surface area contributed by atoms with Crippen LogP contribution in [0.2, 0.25) is 0 Å². The molecule has 0 bridgehead atoms. The van der Waals surface area contributed by atoms with Gasteiger partial charge < -0.3 is 10.1 Å². The van der Waals surface area contributed by atoms with Gasteiger partial charge in [-0.05, 0) is 37.6 Å². The first-order chi connectivity index (χ1) is 12.5. The number of fused-ring (bicyclic) bond motifs is 1. The number of aryl methyl sites for hydroxylation is 2. The van der Waals surface area contributed by atoms with Crippen molar-refractivity contribution in [3.8, 4) is 5.75 Å². The molecule has 8 heteroatoms. The number of nitrogens with one attached hydrogen (secondary N) is 1. The molecule has 3 rings (SSSR count). The third-order valence-corrected chi connectivity index (χ3v) is 3.86. The first-order valence-corrected chi connectivity index (χ1v) is 8.06. The maximum atomic E-state index is 12.5. The maximum Gasteiger partial charge on any atom is 0.270 e. The molecule has 0 aliphatic rings. The monoisotopic (exact) mass is 354 g/mol. The van der Waals surface area contributed by atoms with Crippen LogP contribution in [0, 0.1) is 24.0 Å². The molecule has 1 aromatic carbocycles. The third kappa shape index (κ3) is 3.64. The fourth-order valence-electron chi connectivity index (χ4n) is 2.62. The fourth-order valence-corrected chi connectivity index (χ4v) is 2.62. The van der Waals surface area contributed by atoms with Gasteiger partial charge in [-0.3, -0.25) is 19.3 Å². The Balaban J connectivity index is 1.58. The van der Waals surface area contributed by atoms with Gasteiger partial charge in [0.1, 0.15) is 23.7 Å². The van der Waals surface area contributed by atoms with Crippen molar-refractivity contribution >= 4 is 17.2 Å². The van der Waals surface area contributed by atoms with Crippen LogP contribution in [0.15, 0.2) is 42.6 Å². The number of hydrogen-bond acceptors (Lipinski definition) is 5. The Bertz CT molecular complexity index is 963. The van der Waals surface area contributed by atoms with Crippen molar-refractivity contribution in [2.45, 2.75) is 13.8 Å². The largest absolute Gasteiger partial charge is 0.492 e. The number of amides is 1. The fraction of sp³-hybridized carbons (Fsp3) is 0.222. The molecule has 3 aromatic rings. The summed E-state index contributed by atoms with van der Waals surface area (Å²) in [5.74, 6) is 0.277. The van der Waals surface area contributed by atoms with E-state index in [2.05, 4.69) is 10.3 Å². The molecule has 0 aliphatic heterocycles. The number of carbonyl (C=O) groups is 1. The maximum absolute atomic E-state index is 12.5. The second-order valence-electron chi connectivity index (χ2n) is 5.84. The van der Waals surface area contributed by atoms with Crippen LogP contribution < -0.4 is 10.1 Å². The Labute approximate surface area is 149 Å². The second kappa shape index (κ2) is 7.22. The van der Waals surface area contributed by atoms with Crippen molar-refractivity contribution in [2.75, 3.05) is 13.2 Å². The van der Waals surface area contributed by atoms with Crippen LogP contribution in [-0.2, 0) is 0 Å². The summed E-state index contributed by atoms with van der Waals surface area (Å²) >= 11 is 0. The van der Waals surface area contributed by atoms with Crippen molar-refractivity contribution in [1.82, 2.24) is 14.7 Å². The molecule has 0 unspecified atom stereocenters. The summed E-state index contributed by atoms with van der Waals surface area (Å²) in [5, 5.41) is 13.4. The summed E-state index contributed by atoms with van der Waals surface area (Å²) in [6, 6.07) is 9.61. The molecule has 26 heavy (non-hydrogen) atoms. The SMILES string of the molecule is Cc1ccc2nc(C)c(C(=O)NCCOc3ccc([N+](=O)[O-])cc3)n2c1. The molecule has 1 amide bonds. The molecule has 2 aromatic heterocycles. The number of aromatic nitrogens is 2. The van der Waals surface area contributed by atoms with Crippen LogP contribution in [0.5, 0.6) is 5.75 Å². The average Bonchev–Trinajstić information content (AvgIpc) is 2.94. The number of nitro groups is 1. The van der Waals surface area contributed by atoms with Gasteiger partial charge in [-0.1, -0.05) is 6.07 Å². The number of carbonyl (C=O) groups excluding carboxylic acids is 1. The topological polar surface area (TPSA) is 98.8 Å². The summed E-state index contributed by atoms with van der Waals surface area (Å²) in [4.78, 5) is 27.0. The number of ether oxygens (including phenoxy) is 1. The smallest absolute Gasteiger partial charge is 0.270 e. The van der Waals surface area contributed by atoms with Crippen LogP contribution in [0.25, 0.3) is 5.65 Å². The Morgan fingerprint density at radius 2 is 1.96 bits per heavy atom. The molecule has 0 radical (unpaired) electrons. The molecule has 2 heterocycles. The first-order valence-electron chi connectivity index (χ1n) is 8.06. The van der Waals surface area contributed by atoms with Crippen LogP contribution in [0.3, 0.4) is 0 Å². The second-order valence-corrected chi connectivity index (χ2v) is 5.84. The minimum atomic E-state index is -0.468. The van der Waals surface area contributed by atoms with Crippen LogP contribution in [0.1, 0.15) is 21.7 Å². The van der Waals surface area contributed by atoms with Crippen molar-refractivity contribution < 1.29 is 14.5 Å².